The van der Waals surface area contributed by atoms with E-state index in [-0.39, 0.29) is 114 Å². The number of carbonyl (C=O) groups excluding carboxylic acids is 4. The Kier molecular flexibility index (Phi) is 75.5. The van der Waals surface area contributed by atoms with Crippen LogP contribution in [0.1, 0.15) is 94.2 Å². The second kappa shape index (κ2) is 39.8. The first-order chi connectivity index (χ1) is 15.4. The van der Waals surface area contributed by atoms with Gasteiger partial charge in [-0.2, -0.15) is 59.4 Å². The third-order valence-electron chi connectivity index (χ3n) is 5.01. The van der Waals surface area contributed by atoms with E-state index in [4.69, 9.17) is 19.2 Å². The molecule has 0 saturated carbocycles. The molecular weight excluding hydrogens is 854 g/mol. The molecule has 6 unspecified atom stereocenters. The van der Waals surface area contributed by atoms with Gasteiger partial charge in [-0.1, -0.05) is 123 Å². The summed E-state index contributed by atoms with van der Waals surface area (Å²) in [5, 5.41) is 1.50. The van der Waals surface area contributed by atoms with E-state index in [1.54, 1.807) is 11.1 Å². The van der Waals surface area contributed by atoms with E-state index >= 15 is 0 Å². The molecule has 0 amide bonds. The fourth-order valence-electron chi connectivity index (χ4n) is 4.17. The summed E-state index contributed by atoms with van der Waals surface area (Å²) in [6, 6.07) is 9.30. The Labute approximate surface area is 309 Å². The molecule has 0 fully saturated rings. The van der Waals surface area contributed by atoms with E-state index in [9.17, 15) is 0 Å². The normalized spacial score (nSPS) is 9.29. The Bertz CT molecular complexity index is 591. The van der Waals surface area contributed by atoms with Crippen LogP contribution in [-0.4, -0.2) is 47.8 Å². The fourth-order valence-corrected chi connectivity index (χ4v) is 11.4. The van der Waals surface area contributed by atoms with Gasteiger partial charge in [0.15, 0.2) is 0 Å². The van der Waals surface area contributed by atoms with Crippen LogP contribution in [0.4, 0.5) is 0 Å². The van der Waals surface area contributed by atoms with Gasteiger partial charge in [0.25, 0.3) is 0 Å². The SMILES string of the molecule is CC(C)(C)P(Cc1ccccc1CP(C(C)(C)C)C(C)(C)C)C(C)(C)C.P.P.P.P.P.P.[CH-]=O.[CH-]=O.[CH-]=O.[CH-]=O.[RhH+2].[RhH+2]. The summed E-state index contributed by atoms with van der Waals surface area (Å²) in [4.78, 5) is 31.0. The molecule has 14 heteroatoms. The summed E-state index contributed by atoms with van der Waals surface area (Å²) in [5.41, 5.74) is 3.20. The zero-order chi connectivity index (χ0) is 28.6. The van der Waals surface area contributed by atoms with Crippen LogP contribution in [0.2, 0.25) is 0 Å². The van der Waals surface area contributed by atoms with Gasteiger partial charge in [0, 0.05) is 0 Å². The van der Waals surface area contributed by atoms with Crippen molar-refractivity contribution in [2.45, 2.75) is 116 Å². The zero-order valence-corrected chi connectivity index (χ0v) is 42.3. The Balaban J connectivity index is -0.0000000517. The van der Waals surface area contributed by atoms with Crippen molar-refractivity contribution in [2.75, 3.05) is 0 Å². The standard InChI is InChI=1S/C24H44P2.4CHO.6H3P.2Rh.2H/c1-21(2,3)25(22(4,5)6)17-19-15-13-14-16-20(19)18-26(23(7,8)9)24(10,11)12;4*1-2;;;;;;;;;;/h13-16H,17-18H2,1-12H3;4*1H;6*1H3;;;;/q;4*-1;;;;;;;2*+2;;. The van der Waals surface area contributed by atoms with Gasteiger partial charge in [-0.15, -0.1) is 0 Å². The van der Waals surface area contributed by atoms with Crippen LogP contribution in [0.3, 0.4) is 0 Å². The van der Waals surface area contributed by atoms with E-state index in [1.165, 1.54) is 12.3 Å². The molecule has 4 nitrogen and oxygen atoms in total. The van der Waals surface area contributed by atoms with Crippen molar-refractivity contribution < 1.29 is 58.1 Å². The van der Waals surface area contributed by atoms with Gasteiger partial charge in [-0.05, 0) is 44.1 Å². The molecule has 0 aliphatic carbocycles. The van der Waals surface area contributed by atoms with Gasteiger partial charge in [-0.3, -0.25) is 27.2 Å². The third-order valence-corrected chi connectivity index (χ3v) is 12.8. The molecule has 0 aliphatic rings. The quantitative estimate of drug-likeness (QED) is 0.136. The molecule has 42 heavy (non-hydrogen) atoms. The van der Waals surface area contributed by atoms with Crippen molar-refractivity contribution in [3.05, 3.63) is 35.4 Å². The molecule has 0 aliphatic heterocycles. The van der Waals surface area contributed by atoms with Crippen molar-refractivity contribution in [3.63, 3.8) is 0 Å². The maximum atomic E-state index is 7.75. The molecule has 1 aromatic carbocycles. The monoisotopic (exact) mass is 922 g/mol. The molecule has 1 aromatic rings. The third kappa shape index (κ3) is 35.4. The first-order valence-electron chi connectivity index (χ1n) is 11.0. The van der Waals surface area contributed by atoms with Gasteiger partial charge in [0.1, 0.15) is 0 Å². The van der Waals surface area contributed by atoms with Crippen LogP contribution in [0.5, 0.6) is 0 Å². The summed E-state index contributed by atoms with van der Waals surface area (Å²) < 4.78 is 0. The predicted molar refractivity (Wildman–Crippen MR) is 223 cm³/mol. The number of hydrogen-bond donors (Lipinski definition) is 0. The van der Waals surface area contributed by atoms with Gasteiger partial charge in [-0.25, -0.2) is 0 Å². The second-order valence-electron chi connectivity index (χ2n) is 11.6. The van der Waals surface area contributed by atoms with E-state index in [1.807, 2.05) is 0 Å². The minimum absolute atomic E-state index is 0. The van der Waals surface area contributed by atoms with E-state index < -0.39 is 0 Å². The molecule has 1 rings (SSSR count). The topological polar surface area (TPSA) is 68.3 Å². The van der Waals surface area contributed by atoms with E-state index in [0.29, 0.717) is 20.6 Å². The van der Waals surface area contributed by atoms with Crippen LogP contribution in [0.25, 0.3) is 0 Å². The molecule has 0 aromatic heterocycles. The van der Waals surface area contributed by atoms with Crippen molar-refractivity contribution >= 4 is 102 Å². The molecular formula is C28H68O4P8Rh2. The van der Waals surface area contributed by atoms with Crippen molar-refractivity contribution in [1.82, 2.24) is 0 Å². The summed E-state index contributed by atoms with van der Waals surface area (Å²) >= 11 is 0. The molecule has 0 bridgehead atoms. The molecule has 6 atom stereocenters. The van der Waals surface area contributed by atoms with E-state index in [2.05, 4.69) is 135 Å². The summed E-state index contributed by atoms with van der Waals surface area (Å²) in [6.07, 6.45) is 2.49. The first kappa shape index (κ1) is 79.8. The van der Waals surface area contributed by atoms with Crippen molar-refractivity contribution in [3.8, 4) is 0 Å². The van der Waals surface area contributed by atoms with Crippen LogP contribution >= 0.6 is 75.2 Å². The Morgan fingerprint density at radius 3 is 0.690 bits per heavy atom. The van der Waals surface area contributed by atoms with Gasteiger partial charge in [0.05, 0.1) is 0 Å². The molecule has 2 radical (unpaired) electrons. The summed E-state index contributed by atoms with van der Waals surface area (Å²) in [6.45, 7) is 42.2. The summed E-state index contributed by atoms with van der Waals surface area (Å²) in [7, 11) is -0.218. The molecule has 262 valence electrons. The Morgan fingerprint density at radius 1 is 0.429 bits per heavy atom. The van der Waals surface area contributed by atoms with Crippen molar-refractivity contribution in [2.24, 2.45) is 0 Å². The second-order valence-corrected chi connectivity index (χ2v) is 19.3. The average Bonchev–Trinajstić information content (AvgIpc) is 2.73. The molecule has 0 heterocycles. The van der Waals surface area contributed by atoms with Crippen LogP contribution < -0.4 is 0 Å². The van der Waals surface area contributed by atoms with Gasteiger partial charge < -0.3 is 19.2 Å². The van der Waals surface area contributed by atoms with Gasteiger partial charge >= 0.3 is 39.0 Å². The minimum atomic E-state index is -0.109. The van der Waals surface area contributed by atoms with Gasteiger partial charge in [0.2, 0.25) is 0 Å². The number of rotatable bonds is 4. The fraction of sp³-hybridized carbons (Fsp3) is 0.643. The molecule has 0 spiro atoms. The maximum absolute atomic E-state index is 7.75. The average molecular weight is 922 g/mol. The Hall–Kier alpha value is 2.59. The van der Waals surface area contributed by atoms with Crippen LogP contribution in [0.15, 0.2) is 24.3 Å². The predicted octanol–water partition coefficient (Wildman–Crippen LogP) is 7.56. The summed E-state index contributed by atoms with van der Waals surface area (Å²) in [5.74, 6) is 0. The zero-order valence-electron chi connectivity index (χ0n) is 28.5. The number of benzene rings is 1. The van der Waals surface area contributed by atoms with Crippen LogP contribution in [-0.2, 0) is 70.5 Å². The van der Waals surface area contributed by atoms with Crippen LogP contribution in [0, 0.1) is 0 Å². The molecule has 0 saturated heterocycles. The number of hydrogen-bond acceptors (Lipinski definition) is 4. The molecule has 0 N–H and O–H groups in total. The first-order valence-corrected chi connectivity index (χ1v) is 14.1. The Morgan fingerprint density at radius 2 is 0.571 bits per heavy atom. The van der Waals surface area contributed by atoms with E-state index in [0.717, 1.165) is 0 Å². The van der Waals surface area contributed by atoms with Crippen molar-refractivity contribution in [1.29, 1.82) is 0 Å².